The van der Waals surface area contributed by atoms with Gasteiger partial charge >= 0.3 is 0 Å². The molecule has 2 aromatic rings. The smallest absolute Gasteiger partial charge is 0.277 e. The van der Waals surface area contributed by atoms with Gasteiger partial charge in [0.05, 0.1) is 10.6 Å². The Morgan fingerprint density at radius 1 is 1.35 bits per heavy atom. The number of hydrogen-bond acceptors (Lipinski definition) is 4. The third kappa shape index (κ3) is 3.01. The van der Waals surface area contributed by atoms with Gasteiger partial charge in [-0.15, -0.1) is 10.2 Å². The molecule has 17 heavy (non-hydrogen) atoms. The van der Waals surface area contributed by atoms with Crippen LogP contribution >= 0.6 is 23.4 Å². The first-order valence-electron chi connectivity index (χ1n) is 5.45. The van der Waals surface area contributed by atoms with Crippen molar-refractivity contribution in [3.05, 3.63) is 29.3 Å². The Morgan fingerprint density at radius 2 is 2.12 bits per heavy atom. The van der Waals surface area contributed by atoms with Crippen LogP contribution in [0.2, 0.25) is 5.02 Å². The van der Waals surface area contributed by atoms with Crippen molar-refractivity contribution < 1.29 is 4.42 Å². The zero-order valence-electron chi connectivity index (χ0n) is 9.68. The molecular weight excluding hydrogens is 256 g/mol. The minimum absolute atomic E-state index is 0.467. The van der Waals surface area contributed by atoms with E-state index in [2.05, 4.69) is 24.0 Å². The van der Waals surface area contributed by atoms with Gasteiger partial charge in [-0.3, -0.25) is 0 Å². The predicted molar refractivity (Wildman–Crippen MR) is 70.4 cm³/mol. The van der Waals surface area contributed by atoms with E-state index >= 15 is 0 Å². The lowest BCUT2D eigenvalue weighted by atomic mass is 10.2. The van der Waals surface area contributed by atoms with Crippen molar-refractivity contribution >= 4 is 23.4 Å². The molecule has 0 radical (unpaired) electrons. The minimum Gasteiger partial charge on any atom is -0.411 e. The molecule has 0 aliphatic rings. The Kier molecular flexibility index (Phi) is 4.07. The number of thioether (sulfide) groups is 1. The van der Waals surface area contributed by atoms with Crippen LogP contribution in [0.3, 0.4) is 0 Å². The van der Waals surface area contributed by atoms with Crippen molar-refractivity contribution in [3.63, 3.8) is 0 Å². The molecule has 2 rings (SSSR count). The number of rotatable bonds is 4. The molecular formula is C12H13ClN2OS. The first kappa shape index (κ1) is 12.5. The second kappa shape index (κ2) is 5.56. The second-order valence-electron chi connectivity index (χ2n) is 3.69. The van der Waals surface area contributed by atoms with Crippen molar-refractivity contribution in [1.82, 2.24) is 10.2 Å². The summed E-state index contributed by atoms with van der Waals surface area (Å²) in [7, 11) is 0. The van der Waals surface area contributed by atoms with E-state index in [4.69, 9.17) is 16.0 Å². The van der Waals surface area contributed by atoms with E-state index in [1.54, 1.807) is 11.8 Å². The molecule has 0 saturated carbocycles. The highest BCUT2D eigenvalue weighted by Gasteiger charge is 2.13. The molecule has 1 atom stereocenters. The predicted octanol–water partition coefficient (Wildman–Crippen LogP) is 4.28. The van der Waals surface area contributed by atoms with Crippen molar-refractivity contribution in [2.24, 2.45) is 0 Å². The summed E-state index contributed by atoms with van der Waals surface area (Å²) in [5.74, 6) is 0.474. The molecule has 3 nitrogen and oxygen atoms in total. The van der Waals surface area contributed by atoms with E-state index in [-0.39, 0.29) is 0 Å². The number of nitrogens with zero attached hydrogens (tertiary/aromatic N) is 2. The average molecular weight is 269 g/mol. The second-order valence-corrected chi connectivity index (χ2v) is 5.49. The van der Waals surface area contributed by atoms with E-state index in [0.29, 0.717) is 21.4 Å². The van der Waals surface area contributed by atoms with Crippen LogP contribution in [-0.4, -0.2) is 15.4 Å². The number of benzene rings is 1. The summed E-state index contributed by atoms with van der Waals surface area (Å²) in [5.41, 5.74) is 0.776. The van der Waals surface area contributed by atoms with Gasteiger partial charge < -0.3 is 4.42 Å². The molecule has 0 N–H and O–H groups in total. The fourth-order valence-electron chi connectivity index (χ4n) is 1.26. The molecule has 0 saturated heterocycles. The summed E-state index contributed by atoms with van der Waals surface area (Å²) in [6.07, 6.45) is 1.06. The van der Waals surface area contributed by atoms with E-state index in [0.717, 1.165) is 12.0 Å². The molecule has 1 aromatic heterocycles. The van der Waals surface area contributed by atoms with Crippen LogP contribution in [0.25, 0.3) is 11.5 Å². The highest BCUT2D eigenvalue weighted by molar-refractivity contribution is 7.99. The minimum atomic E-state index is 0.467. The Balaban J connectivity index is 2.21. The van der Waals surface area contributed by atoms with Crippen LogP contribution in [-0.2, 0) is 0 Å². The van der Waals surface area contributed by atoms with Gasteiger partial charge in [-0.25, -0.2) is 0 Å². The highest BCUT2D eigenvalue weighted by Crippen LogP contribution is 2.30. The van der Waals surface area contributed by atoms with E-state index in [1.807, 2.05) is 24.3 Å². The van der Waals surface area contributed by atoms with Crippen molar-refractivity contribution in [1.29, 1.82) is 0 Å². The topological polar surface area (TPSA) is 38.9 Å². The van der Waals surface area contributed by atoms with Gasteiger partial charge in [0.2, 0.25) is 5.89 Å². The molecule has 1 heterocycles. The Bertz CT molecular complexity index is 501. The fourth-order valence-corrected chi connectivity index (χ4v) is 2.20. The number of hydrogen-bond donors (Lipinski definition) is 0. The largest absolute Gasteiger partial charge is 0.411 e. The summed E-state index contributed by atoms with van der Waals surface area (Å²) in [6.45, 7) is 4.26. The maximum Gasteiger partial charge on any atom is 0.277 e. The molecule has 0 spiro atoms. The molecule has 1 unspecified atom stereocenters. The van der Waals surface area contributed by atoms with E-state index in [9.17, 15) is 0 Å². The lowest BCUT2D eigenvalue weighted by Gasteiger charge is -2.02. The molecule has 0 aliphatic carbocycles. The summed E-state index contributed by atoms with van der Waals surface area (Å²) < 4.78 is 5.58. The lowest BCUT2D eigenvalue weighted by molar-refractivity contribution is 0.465. The fraction of sp³-hybridized carbons (Fsp3) is 0.333. The van der Waals surface area contributed by atoms with Crippen LogP contribution < -0.4 is 0 Å². The zero-order valence-corrected chi connectivity index (χ0v) is 11.3. The van der Waals surface area contributed by atoms with Gasteiger partial charge in [-0.2, -0.15) is 0 Å². The monoisotopic (exact) mass is 268 g/mol. The summed E-state index contributed by atoms with van der Waals surface area (Å²) >= 11 is 7.65. The highest BCUT2D eigenvalue weighted by atomic mass is 35.5. The Labute approximate surface area is 110 Å². The SMILES string of the molecule is CCC(C)Sc1nnc(-c2ccccc2Cl)o1. The third-order valence-corrected chi connectivity index (χ3v) is 3.82. The summed E-state index contributed by atoms with van der Waals surface area (Å²) in [4.78, 5) is 0. The van der Waals surface area contributed by atoms with Gasteiger partial charge in [0.25, 0.3) is 5.22 Å². The first-order chi connectivity index (χ1) is 8.20. The number of halogens is 1. The zero-order chi connectivity index (χ0) is 12.3. The normalized spacial score (nSPS) is 12.6. The van der Waals surface area contributed by atoms with Crippen LogP contribution in [0.1, 0.15) is 20.3 Å². The molecule has 0 amide bonds. The maximum absolute atomic E-state index is 6.07. The van der Waals surface area contributed by atoms with E-state index < -0.39 is 0 Å². The van der Waals surface area contributed by atoms with Crippen LogP contribution in [0.15, 0.2) is 33.9 Å². The van der Waals surface area contributed by atoms with Crippen LogP contribution in [0.5, 0.6) is 0 Å². The lowest BCUT2D eigenvalue weighted by Crippen LogP contribution is -1.91. The molecule has 0 fully saturated rings. The van der Waals surface area contributed by atoms with Gasteiger partial charge in [0.15, 0.2) is 0 Å². The summed E-state index contributed by atoms with van der Waals surface area (Å²) in [6, 6.07) is 7.44. The quantitative estimate of drug-likeness (QED) is 0.776. The van der Waals surface area contributed by atoms with Crippen molar-refractivity contribution in [2.75, 3.05) is 0 Å². The molecule has 0 aliphatic heterocycles. The van der Waals surface area contributed by atoms with Gasteiger partial charge in [0.1, 0.15) is 0 Å². The number of aromatic nitrogens is 2. The van der Waals surface area contributed by atoms with Gasteiger partial charge in [0, 0.05) is 5.25 Å². The Morgan fingerprint density at radius 3 is 2.82 bits per heavy atom. The molecule has 0 bridgehead atoms. The third-order valence-electron chi connectivity index (χ3n) is 2.39. The van der Waals surface area contributed by atoms with Crippen LogP contribution in [0.4, 0.5) is 0 Å². The standard InChI is InChI=1S/C12H13ClN2OS/c1-3-8(2)17-12-15-14-11(16-12)9-6-4-5-7-10(9)13/h4-8H,3H2,1-2H3. The first-order valence-corrected chi connectivity index (χ1v) is 6.71. The Hall–Kier alpha value is -1.00. The molecule has 5 heteroatoms. The van der Waals surface area contributed by atoms with E-state index in [1.165, 1.54) is 0 Å². The van der Waals surface area contributed by atoms with Gasteiger partial charge in [-0.05, 0) is 18.6 Å². The van der Waals surface area contributed by atoms with Crippen molar-refractivity contribution in [3.8, 4) is 11.5 Å². The van der Waals surface area contributed by atoms with Crippen molar-refractivity contribution in [2.45, 2.75) is 30.7 Å². The maximum atomic E-state index is 6.07. The van der Waals surface area contributed by atoms with Crippen LogP contribution in [0, 0.1) is 0 Å². The van der Waals surface area contributed by atoms with Gasteiger partial charge in [-0.1, -0.05) is 49.3 Å². The molecule has 1 aromatic carbocycles. The molecule has 90 valence electrons. The average Bonchev–Trinajstić information content (AvgIpc) is 2.78. The summed E-state index contributed by atoms with van der Waals surface area (Å²) in [5, 5.41) is 9.70.